The lowest BCUT2D eigenvalue weighted by Gasteiger charge is -2.28. The number of aryl methyl sites for hydroxylation is 1. The number of hydrogen-bond acceptors (Lipinski definition) is 3. The van der Waals surface area contributed by atoms with Crippen LogP contribution < -0.4 is 5.48 Å². The normalized spacial score (nSPS) is 18.7. The van der Waals surface area contributed by atoms with Gasteiger partial charge in [-0.15, -0.1) is 0 Å². The summed E-state index contributed by atoms with van der Waals surface area (Å²) in [6.07, 6.45) is -3.93. The Morgan fingerprint density at radius 2 is 1.68 bits per heavy atom. The molecule has 2 N–H and O–H groups in total. The number of alkyl halides is 3. The third kappa shape index (κ3) is 3.52. The standard InChI is InChI=1S/C22H14Cl2F3NO3/c1-11-6-17(15-4-2-3-5-16(15)19(11)20(29)30)18-10-21(31-28-18,22(25,26)27)12-7-13(23)9-14(24)8-12/h2-10,28H,1H3,(H,29,30). The molecule has 0 radical (unpaired) electrons. The molecule has 1 heterocycles. The number of hydrogen-bond donors (Lipinski definition) is 2. The quantitative estimate of drug-likeness (QED) is 0.462. The Balaban J connectivity index is 1.97. The van der Waals surface area contributed by atoms with E-state index in [-0.39, 0.29) is 26.9 Å². The van der Waals surface area contributed by atoms with Crippen LogP contribution in [0, 0.1) is 6.92 Å². The van der Waals surface area contributed by atoms with E-state index in [4.69, 9.17) is 28.0 Å². The molecule has 3 aromatic carbocycles. The fourth-order valence-electron chi connectivity index (χ4n) is 3.77. The molecule has 1 aliphatic heterocycles. The molecule has 160 valence electrons. The largest absolute Gasteiger partial charge is 0.478 e. The molecule has 0 saturated carbocycles. The fraction of sp³-hybridized carbons (Fsp3) is 0.136. The number of nitrogens with one attached hydrogen (secondary N) is 1. The monoisotopic (exact) mass is 467 g/mol. The van der Waals surface area contributed by atoms with Crippen LogP contribution in [0.1, 0.15) is 27.0 Å². The summed E-state index contributed by atoms with van der Waals surface area (Å²) in [6.45, 7) is 1.59. The first-order chi connectivity index (χ1) is 14.5. The van der Waals surface area contributed by atoms with E-state index < -0.39 is 17.7 Å². The lowest BCUT2D eigenvalue weighted by molar-refractivity contribution is -0.269. The van der Waals surface area contributed by atoms with Crippen LogP contribution >= 0.6 is 23.2 Å². The zero-order valence-corrected chi connectivity index (χ0v) is 17.4. The predicted molar refractivity (Wildman–Crippen MR) is 112 cm³/mol. The van der Waals surface area contributed by atoms with Gasteiger partial charge in [-0.1, -0.05) is 47.5 Å². The summed E-state index contributed by atoms with van der Waals surface area (Å²) in [5.41, 5.74) is 0.165. The number of benzene rings is 3. The number of hydroxylamine groups is 1. The number of fused-ring (bicyclic) bond motifs is 1. The van der Waals surface area contributed by atoms with Crippen molar-refractivity contribution in [3.63, 3.8) is 0 Å². The van der Waals surface area contributed by atoms with Crippen LogP contribution in [0.4, 0.5) is 13.2 Å². The van der Waals surface area contributed by atoms with Gasteiger partial charge >= 0.3 is 12.1 Å². The molecule has 0 amide bonds. The van der Waals surface area contributed by atoms with Crippen LogP contribution in [0.15, 0.2) is 54.6 Å². The van der Waals surface area contributed by atoms with Gasteiger partial charge in [-0.3, -0.25) is 10.3 Å². The molecule has 1 aliphatic rings. The van der Waals surface area contributed by atoms with Gasteiger partial charge in [0.25, 0.3) is 0 Å². The topological polar surface area (TPSA) is 58.6 Å². The van der Waals surface area contributed by atoms with Crippen LogP contribution in [0.5, 0.6) is 0 Å². The Bertz CT molecular complexity index is 1240. The van der Waals surface area contributed by atoms with Crippen molar-refractivity contribution in [1.82, 2.24) is 5.48 Å². The van der Waals surface area contributed by atoms with E-state index in [1.54, 1.807) is 31.2 Å². The van der Waals surface area contributed by atoms with Gasteiger partial charge in [-0.05, 0) is 53.6 Å². The van der Waals surface area contributed by atoms with E-state index >= 15 is 0 Å². The zero-order chi connectivity index (χ0) is 22.6. The second kappa shape index (κ2) is 7.44. The van der Waals surface area contributed by atoms with Crippen LogP contribution in [0.3, 0.4) is 0 Å². The molecule has 0 aliphatic carbocycles. The molecule has 1 unspecified atom stereocenters. The highest BCUT2D eigenvalue weighted by atomic mass is 35.5. The molecular formula is C22H14Cl2F3NO3. The van der Waals surface area contributed by atoms with E-state index in [9.17, 15) is 23.1 Å². The molecule has 4 nitrogen and oxygen atoms in total. The van der Waals surface area contributed by atoms with Crippen molar-refractivity contribution in [2.45, 2.75) is 18.7 Å². The summed E-state index contributed by atoms with van der Waals surface area (Å²) >= 11 is 11.9. The van der Waals surface area contributed by atoms with Crippen molar-refractivity contribution in [3.05, 3.63) is 86.9 Å². The van der Waals surface area contributed by atoms with E-state index in [0.29, 0.717) is 21.9 Å². The van der Waals surface area contributed by atoms with Crippen molar-refractivity contribution in [3.8, 4) is 0 Å². The Labute approximate surface area is 184 Å². The molecular weight excluding hydrogens is 454 g/mol. The summed E-state index contributed by atoms with van der Waals surface area (Å²) in [5.74, 6) is -1.12. The van der Waals surface area contributed by atoms with Crippen LogP contribution in [0.2, 0.25) is 10.0 Å². The second-order valence-electron chi connectivity index (χ2n) is 7.12. The minimum absolute atomic E-state index is 0.0312. The Morgan fingerprint density at radius 1 is 1.06 bits per heavy atom. The SMILES string of the molecule is Cc1cc(C2=CC(c3cc(Cl)cc(Cl)c3)(C(F)(F)F)ON2)c2ccccc2c1C(=O)O. The molecule has 4 rings (SSSR count). The summed E-state index contributed by atoms with van der Waals surface area (Å²) in [4.78, 5) is 16.9. The van der Waals surface area contributed by atoms with Crippen molar-refractivity contribution < 1.29 is 27.9 Å². The lowest BCUT2D eigenvalue weighted by Crippen LogP contribution is -2.42. The highest BCUT2D eigenvalue weighted by Crippen LogP contribution is 2.49. The summed E-state index contributed by atoms with van der Waals surface area (Å²) < 4.78 is 42.7. The van der Waals surface area contributed by atoms with Crippen LogP contribution in [-0.2, 0) is 10.4 Å². The van der Waals surface area contributed by atoms with Gasteiger partial charge in [-0.2, -0.15) is 13.2 Å². The first-order valence-corrected chi connectivity index (χ1v) is 9.75. The summed E-state index contributed by atoms with van der Waals surface area (Å²) in [6, 6.07) is 11.7. The van der Waals surface area contributed by atoms with Gasteiger partial charge in [0.05, 0.1) is 11.3 Å². The predicted octanol–water partition coefficient (Wildman–Crippen LogP) is 6.49. The highest BCUT2D eigenvalue weighted by Gasteiger charge is 2.59. The van der Waals surface area contributed by atoms with Crippen LogP contribution in [0.25, 0.3) is 16.5 Å². The maximum atomic E-state index is 14.2. The first kappa shape index (κ1) is 21.5. The number of aromatic carboxylic acids is 1. The third-order valence-electron chi connectivity index (χ3n) is 5.13. The molecule has 9 heteroatoms. The first-order valence-electron chi connectivity index (χ1n) is 8.99. The molecule has 0 bridgehead atoms. The molecule has 0 fully saturated rings. The second-order valence-corrected chi connectivity index (χ2v) is 7.99. The van der Waals surface area contributed by atoms with Crippen molar-refractivity contribution in [1.29, 1.82) is 0 Å². The smallest absolute Gasteiger partial charge is 0.428 e. The molecule has 1 atom stereocenters. The van der Waals surface area contributed by atoms with Gasteiger partial charge in [0.15, 0.2) is 0 Å². The number of halogens is 5. The van der Waals surface area contributed by atoms with E-state index in [0.717, 1.165) is 18.2 Å². The van der Waals surface area contributed by atoms with Gasteiger partial charge in [0.2, 0.25) is 5.60 Å². The van der Waals surface area contributed by atoms with Gasteiger partial charge < -0.3 is 5.11 Å². The Kier molecular flexibility index (Phi) is 5.16. The Hall–Kier alpha value is -2.74. The maximum Gasteiger partial charge on any atom is 0.428 e. The van der Waals surface area contributed by atoms with E-state index in [1.165, 1.54) is 12.1 Å². The molecule has 0 aromatic heterocycles. The van der Waals surface area contributed by atoms with Gasteiger partial charge in [-0.25, -0.2) is 4.79 Å². The average Bonchev–Trinajstić information content (AvgIpc) is 3.13. The van der Waals surface area contributed by atoms with Crippen molar-refractivity contribution in [2.24, 2.45) is 0 Å². The molecule has 31 heavy (non-hydrogen) atoms. The molecule has 0 saturated heterocycles. The van der Waals surface area contributed by atoms with Gasteiger partial charge in [0.1, 0.15) is 0 Å². The minimum atomic E-state index is -4.85. The van der Waals surface area contributed by atoms with E-state index in [1.807, 2.05) is 0 Å². The third-order valence-corrected chi connectivity index (χ3v) is 5.56. The highest BCUT2D eigenvalue weighted by molar-refractivity contribution is 6.34. The lowest BCUT2D eigenvalue weighted by atomic mass is 9.89. The van der Waals surface area contributed by atoms with Crippen molar-refractivity contribution in [2.75, 3.05) is 0 Å². The number of carbonyl (C=O) groups is 1. The van der Waals surface area contributed by atoms with Crippen molar-refractivity contribution >= 4 is 45.6 Å². The van der Waals surface area contributed by atoms with Crippen LogP contribution in [-0.4, -0.2) is 17.3 Å². The number of carboxylic acid groups (broad SMARTS) is 1. The summed E-state index contributed by atoms with van der Waals surface area (Å²) in [5, 5.41) is 10.5. The minimum Gasteiger partial charge on any atom is -0.478 e. The fourth-order valence-corrected chi connectivity index (χ4v) is 4.29. The summed E-state index contributed by atoms with van der Waals surface area (Å²) in [7, 11) is 0. The molecule has 3 aromatic rings. The van der Waals surface area contributed by atoms with Gasteiger partial charge in [0, 0.05) is 21.2 Å². The average molecular weight is 468 g/mol. The molecule has 0 spiro atoms. The number of rotatable bonds is 3. The van der Waals surface area contributed by atoms with E-state index in [2.05, 4.69) is 5.48 Å². The maximum absolute atomic E-state index is 14.2. The number of carboxylic acids is 1. The zero-order valence-electron chi connectivity index (χ0n) is 15.8. The Morgan fingerprint density at radius 3 is 2.26 bits per heavy atom.